The molecule has 2 aromatic carbocycles. The van der Waals surface area contributed by atoms with Crippen LogP contribution in [0.4, 0.5) is 0 Å². The molecule has 0 aliphatic carbocycles. The Morgan fingerprint density at radius 1 is 1.11 bits per heavy atom. The Morgan fingerprint density at radius 3 is 2.61 bits per heavy atom. The van der Waals surface area contributed by atoms with Gasteiger partial charge in [0.05, 0.1) is 12.2 Å². The van der Waals surface area contributed by atoms with Crippen LogP contribution in [0.3, 0.4) is 0 Å². The molecule has 148 valence electrons. The summed E-state index contributed by atoms with van der Waals surface area (Å²) in [6.07, 6.45) is 1.68. The number of aliphatic imine (C=N–C) groups is 1. The van der Waals surface area contributed by atoms with E-state index in [1.54, 1.807) is 13.3 Å². The summed E-state index contributed by atoms with van der Waals surface area (Å²) in [5.74, 6) is 1.77. The third-order valence-corrected chi connectivity index (χ3v) is 4.42. The fourth-order valence-electron chi connectivity index (χ4n) is 2.84. The number of aromatic nitrogens is 1. The number of guanidine groups is 1. The van der Waals surface area contributed by atoms with E-state index in [-0.39, 0.29) is 24.0 Å². The van der Waals surface area contributed by atoms with Crippen LogP contribution < -0.4 is 10.6 Å². The molecule has 0 radical (unpaired) electrons. The van der Waals surface area contributed by atoms with Gasteiger partial charge in [-0.15, -0.1) is 24.0 Å². The first-order valence-electron chi connectivity index (χ1n) is 9.16. The van der Waals surface area contributed by atoms with Crippen LogP contribution in [0.15, 0.2) is 70.3 Å². The van der Waals surface area contributed by atoms with E-state index in [1.807, 2.05) is 30.3 Å². The van der Waals surface area contributed by atoms with Crippen molar-refractivity contribution in [3.05, 3.63) is 77.7 Å². The monoisotopic (exact) mass is 490 g/mol. The highest BCUT2D eigenvalue weighted by Gasteiger charge is 2.09. The average Bonchev–Trinajstić information content (AvgIpc) is 3.17. The molecule has 6 heteroatoms. The van der Waals surface area contributed by atoms with Crippen LogP contribution in [-0.4, -0.2) is 24.5 Å². The summed E-state index contributed by atoms with van der Waals surface area (Å²) >= 11 is 0. The van der Waals surface area contributed by atoms with Crippen molar-refractivity contribution in [1.82, 2.24) is 15.6 Å². The molecule has 0 aliphatic heterocycles. The molecular weight excluding hydrogens is 463 g/mol. The zero-order valence-electron chi connectivity index (χ0n) is 16.5. The maximum atomic E-state index is 5.57. The zero-order valence-corrected chi connectivity index (χ0v) is 18.8. The quantitative estimate of drug-likeness (QED) is 0.298. The lowest BCUT2D eigenvalue weighted by molar-refractivity contribution is 0.572. The van der Waals surface area contributed by atoms with Crippen molar-refractivity contribution in [3.63, 3.8) is 0 Å². The summed E-state index contributed by atoms with van der Waals surface area (Å²) in [5.41, 5.74) is 4.41. The smallest absolute Gasteiger partial charge is 0.226 e. The predicted molar refractivity (Wildman–Crippen MR) is 125 cm³/mol. The van der Waals surface area contributed by atoms with E-state index in [0.29, 0.717) is 18.4 Å². The highest BCUT2D eigenvalue weighted by Crippen LogP contribution is 2.18. The first-order valence-corrected chi connectivity index (χ1v) is 9.16. The number of nitrogens with one attached hydrogen (secondary N) is 2. The van der Waals surface area contributed by atoms with Gasteiger partial charge < -0.3 is 15.1 Å². The molecule has 1 atom stereocenters. The Labute approximate surface area is 183 Å². The molecule has 0 fully saturated rings. The lowest BCUT2D eigenvalue weighted by Crippen LogP contribution is -2.38. The fraction of sp³-hybridized carbons (Fsp3) is 0.273. The van der Waals surface area contributed by atoms with Crippen LogP contribution >= 0.6 is 24.0 Å². The molecule has 28 heavy (non-hydrogen) atoms. The lowest BCUT2D eigenvalue weighted by Gasteiger charge is -2.16. The number of halogens is 1. The lowest BCUT2D eigenvalue weighted by atomic mass is 9.99. The van der Waals surface area contributed by atoms with Crippen LogP contribution in [0, 0.1) is 6.92 Å². The SMILES string of the molecule is CN=C(NCc1coc(-c2ccccc2)n1)NCC(C)c1cccc(C)c1.I. The fourth-order valence-corrected chi connectivity index (χ4v) is 2.84. The van der Waals surface area contributed by atoms with Crippen molar-refractivity contribution in [1.29, 1.82) is 0 Å². The number of aryl methyl sites for hydroxylation is 1. The Kier molecular flexibility index (Phi) is 8.50. The predicted octanol–water partition coefficient (Wildman–Crippen LogP) is 4.74. The number of hydrogen-bond donors (Lipinski definition) is 2. The third kappa shape index (κ3) is 6.09. The van der Waals surface area contributed by atoms with E-state index in [1.165, 1.54) is 11.1 Å². The molecule has 3 rings (SSSR count). The molecule has 0 amide bonds. The number of hydrogen-bond acceptors (Lipinski definition) is 3. The highest BCUT2D eigenvalue weighted by atomic mass is 127. The van der Waals surface area contributed by atoms with Gasteiger partial charge in [-0.3, -0.25) is 4.99 Å². The molecule has 3 aromatic rings. The van der Waals surface area contributed by atoms with Gasteiger partial charge >= 0.3 is 0 Å². The summed E-state index contributed by atoms with van der Waals surface area (Å²) in [7, 11) is 1.77. The molecule has 2 N–H and O–H groups in total. The van der Waals surface area contributed by atoms with Crippen LogP contribution in [-0.2, 0) is 6.54 Å². The first-order chi connectivity index (χ1) is 13.2. The van der Waals surface area contributed by atoms with Crippen LogP contribution in [0.1, 0.15) is 29.7 Å². The molecule has 0 aliphatic rings. The van der Waals surface area contributed by atoms with Crippen molar-refractivity contribution in [2.75, 3.05) is 13.6 Å². The summed E-state index contributed by atoms with van der Waals surface area (Å²) in [6, 6.07) is 18.5. The van der Waals surface area contributed by atoms with Crippen molar-refractivity contribution in [2.45, 2.75) is 26.3 Å². The van der Waals surface area contributed by atoms with Crippen LogP contribution in [0.5, 0.6) is 0 Å². The van der Waals surface area contributed by atoms with E-state index >= 15 is 0 Å². The molecule has 1 aromatic heterocycles. The van der Waals surface area contributed by atoms with E-state index in [0.717, 1.165) is 23.8 Å². The normalized spacial score (nSPS) is 12.2. The van der Waals surface area contributed by atoms with E-state index < -0.39 is 0 Å². The Hall–Kier alpha value is -2.35. The maximum absolute atomic E-state index is 5.57. The topological polar surface area (TPSA) is 62.5 Å². The molecule has 5 nitrogen and oxygen atoms in total. The van der Waals surface area contributed by atoms with Gasteiger partial charge in [-0.05, 0) is 30.5 Å². The van der Waals surface area contributed by atoms with Gasteiger partial charge in [-0.2, -0.15) is 0 Å². The molecule has 0 saturated carbocycles. The second-order valence-corrected chi connectivity index (χ2v) is 6.63. The number of benzene rings is 2. The van der Waals surface area contributed by atoms with Gasteiger partial charge in [0, 0.05) is 19.2 Å². The van der Waals surface area contributed by atoms with E-state index in [4.69, 9.17) is 4.42 Å². The summed E-state index contributed by atoms with van der Waals surface area (Å²) < 4.78 is 5.57. The van der Waals surface area contributed by atoms with Gasteiger partial charge in [0.25, 0.3) is 0 Å². The standard InChI is InChI=1S/C22H26N4O.HI/c1-16-8-7-11-19(12-16)17(2)13-24-22(23-3)25-14-20-15-27-21(26-20)18-9-5-4-6-10-18;/h4-12,15,17H,13-14H2,1-3H3,(H2,23,24,25);1H. The maximum Gasteiger partial charge on any atom is 0.226 e. The van der Waals surface area contributed by atoms with Crippen LogP contribution in [0.2, 0.25) is 0 Å². The Balaban J connectivity index is 0.00000280. The Bertz CT molecular complexity index is 892. The number of nitrogens with zero attached hydrogens (tertiary/aromatic N) is 2. The average molecular weight is 490 g/mol. The molecular formula is C22H27IN4O. The largest absolute Gasteiger partial charge is 0.444 e. The van der Waals surface area contributed by atoms with Gasteiger partial charge in [0.2, 0.25) is 5.89 Å². The first kappa shape index (κ1) is 21.9. The van der Waals surface area contributed by atoms with Gasteiger partial charge in [0.1, 0.15) is 6.26 Å². The second-order valence-electron chi connectivity index (χ2n) is 6.63. The summed E-state index contributed by atoms with van der Waals surface area (Å²) in [4.78, 5) is 8.81. The minimum Gasteiger partial charge on any atom is -0.444 e. The van der Waals surface area contributed by atoms with E-state index in [2.05, 4.69) is 58.7 Å². The minimum absolute atomic E-state index is 0. The number of rotatable bonds is 6. The molecule has 1 heterocycles. The third-order valence-electron chi connectivity index (χ3n) is 4.42. The van der Waals surface area contributed by atoms with Crippen molar-refractivity contribution < 1.29 is 4.42 Å². The molecule has 1 unspecified atom stereocenters. The van der Waals surface area contributed by atoms with Gasteiger partial charge in [0.15, 0.2) is 5.96 Å². The van der Waals surface area contributed by atoms with E-state index in [9.17, 15) is 0 Å². The molecule has 0 bridgehead atoms. The van der Waals surface area contributed by atoms with Crippen molar-refractivity contribution in [3.8, 4) is 11.5 Å². The summed E-state index contributed by atoms with van der Waals surface area (Å²) in [5, 5.41) is 6.66. The van der Waals surface area contributed by atoms with Crippen molar-refractivity contribution in [2.24, 2.45) is 4.99 Å². The Morgan fingerprint density at radius 2 is 1.89 bits per heavy atom. The summed E-state index contributed by atoms with van der Waals surface area (Å²) in [6.45, 7) is 5.68. The zero-order chi connectivity index (χ0) is 19.1. The second kappa shape index (κ2) is 10.8. The van der Waals surface area contributed by atoms with Gasteiger partial charge in [-0.1, -0.05) is 55.0 Å². The molecule has 0 saturated heterocycles. The van der Waals surface area contributed by atoms with Crippen molar-refractivity contribution >= 4 is 29.9 Å². The van der Waals surface area contributed by atoms with Gasteiger partial charge in [-0.25, -0.2) is 4.98 Å². The van der Waals surface area contributed by atoms with Crippen LogP contribution in [0.25, 0.3) is 11.5 Å². The number of oxazole rings is 1. The highest BCUT2D eigenvalue weighted by molar-refractivity contribution is 14.0. The minimum atomic E-state index is 0. The molecule has 0 spiro atoms.